The summed E-state index contributed by atoms with van der Waals surface area (Å²) < 4.78 is 5.39. The van der Waals surface area contributed by atoms with Gasteiger partial charge in [0, 0.05) is 6.61 Å². The molecule has 1 rings (SSSR count). The Kier molecular flexibility index (Phi) is 6.36. The Hall–Kier alpha value is -1.55. The lowest BCUT2D eigenvalue weighted by atomic mass is 10.1. The zero-order valence-corrected chi connectivity index (χ0v) is 12.0. The summed E-state index contributed by atoms with van der Waals surface area (Å²) >= 11 is 0. The van der Waals surface area contributed by atoms with Gasteiger partial charge in [-0.25, -0.2) is 0 Å². The summed E-state index contributed by atoms with van der Waals surface area (Å²) in [6.07, 6.45) is 2.25. The van der Waals surface area contributed by atoms with Crippen LogP contribution < -0.4 is 11.1 Å². The van der Waals surface area contributed by atoms with E-state index in [0.29, 0.717) is 23.9 Å². The van der Waals surface area contributed by atoms with Gasteiger partial charge in [-0.15, -0.1) is 0 Å². The van der Waals surface area contributed by atoms with Gasteiger partial charge in [-0.05, 0) is 37.0 Å². The average molecular weight is 264 g/mol. The molecule has 4 nitrogen and oxygen atoms in total. The molecule has 1 amide bonds. The van der Waals surface area contributed by atoms with Crippen molar-refractivity contribution in [3.8, 4) is 0 Å². The normalized spacial score (nSPS) is 12.2. The Bertz CT molecular complexity index is 419. The van der Waals surface area contributed by atoms with Gasteiger partial charge in [0.15, 0.2) is 0 Å². The molecule has 0 aliphatic carbocycles. The maximum atomic E-state index is 11.7. The summed E-state index contributed by atoms with van der Waals surface area (Å²) in [6.45, 7) is 6.91. The lowest BCUT2D eigenvalue weighted by Crippen LogP contribution is -2.20. The molecular weight excluding hydrogens is 240 g/mol. The number of carbonyl (C=O) groups is 1. The van der Waals surface area contributed by atoms with Gasteiger partial charge in [-0.1, -0.05) is 26.3 Å². The molecule has 1 aromatic rings. The third-order valence-corrected chi connectivity index (χ3v) is 2.90. The summed E-state index contributed by atoms with van der Waals surface area (Å²) in [5.74, 6) is 0.321. The zero-order chi connectivity index (χ0) is 14.3. The van der Waals surface area contributed by atoms with E-state index in [1.807, 2.05) is 25.1 Å². The van der Waals surface area contributed by atoms with Crippen LogP contribution in [0.2, 0.25) is 0 Å². The van der Waals surface area contributed by atoms with Gasteiger partial charge in [0.25, 0.3) is 0 Å². The molecule has 0 heterocycles. The van der Waals surface area contributed by atoms with Crippen LogP contribution in [0.5, 0.6) is 0 Å². The van der Waals surface area contributed by atoms with Crippen LogP contribution in [0.25, 0.3) is 0 Å². The van der Waals surface area contributed by atoms with Gasteiger partial charge in [0.1, 0.15) is 6.61 Å². The van der Waals surface area contributed by atoms with E-state index in [4.69, 9.17) is 10.5 Å². The summed E-state index contributed by atoms with van der Waals surface area (Å²) in [5.41, 5.74) is 8.12. The fourth-order valence-corrected chi connectivity index (χ4v) is 1.91. The molecule has 0 spiro atoms. The van der Waals surface area contributed by atoms with E-state index >= 15 is 0 Å². The van der Waals surface area contributed by atoms with Crippen molar-refractivity contribution in [3.63, 3.8) is 0 Å². The number of benzene rings is 1. The van der Waals surface area contributed by atoms with Crippen LogP contribution in [-0.4, -0.2) is 19.1 Å². The van der Waals surface area contributed by atoms with E-state index in [9.17, 15) is 4.79 Å². The molecule has 19 heavy (non-hydrogen) atoms. The first-order valence-electron chi connectivity index (χ1n) is 6.76. The van der Waals surface area contributed by atoms with Crippen LogP contribution >= 0.6 is 0 Å². The number of carbonyl (C=O) groups excluding carboxylic acids is 1. The second-order valence-electron chi connectivity index (χ2n) is 5.05. The van der Waals surface area contributed by atoms with Crippen molar-refractivity contribution in [1.82, 2.24) is 0 Å². The highest BCUT2D eigenvalue weighted by Crippen LogP contribution is 2.19. The highest BCUT2D eigenvalue weighted by atomic mass is 16.5. The number of aryl methyl sites for hydroxylation is 1. The number of nitrogens with one attached hydrogen (secondary N) is 1. The number of ether oxygens (including phenoxy) is 1. The van der Waals surface area contributed by atoms with Crippen LogP contribution in [0.15, 0.2) is 18.2 Å². The first-order chi connectivity index (χ1) is 9.02. The zero-order valence-electron chi connectivity index (χ0n) is 12.0. The highest BCUT2D eigenvalue weighted by Gasteiger charge is 2.07. The predicted octanol–water partition coefficient (Wildman–Crippen LogP) is 2.97. The molecule has 0 aliphatic rings. The van der Waals surface area contributed by atoms with E-state index < -0.39 is 0 Å². The molecule has 0 radical (unpaired) electrons. The minimum atomic E-state index is -0.167. The highest BCUT2D eigenvalue weighted by molar-refractivity contribution is 5.94. The minimum Gasteiger partial charge on any atom is -0.397 e. The minimum absolute atomic E-state index is 0.0708. The van der Waals surface area contributed by atoms with E-state index in [0.717, 1.165) is 18.4 Å². The maximum Gasteiger partial charge on any atom is 0.250 e. The summed E-state index contributed by atoms with van der Waals surface area (Å²) in [6, 6.07) is 5.55. The van der Waals surface area contributed by atoms with Crippen molar-refractivity contribution in [2.75, 3.05) is 24.3 Å². The summed E-state index contributed by atoms with van der Waals surface area (Å²) in [7, 11) is 0. The Labute approximate surface area is 115 Å². The third kappa shape index (κ3) is 5.75. The van der Waals surface area contributed by atoms with Gasteiger partial charge >= 0.3 is 0 Å². The lowest BCUT2D eigenvalue weighted by Gasteiger charge is -2.12. The van der Waals surface area contributed by atoms with E-state index in [1.165, 1.54) is 0 Å². The molecule has 1 atom stereocenters. The molecule has 0 aromatic heterocycles. The summed E-state index contributed by atoms with van der Waals surface area (Å²) in [4.78, 5) is 11.7. The molecule has 106 valence electrons. The van der Waals surface area contributed by atoms with Gasteiger partial charge in [0.05, 0.1) is 11.4 Å². The Morgan fingerprint density at radius 3 is 2.84 bits per heavy atom. The Morgan fingerprint density at radius 2 is 2.21 bits per heavy atom. The van der Waals surface area contributed by atoms with Gasteiger partial charge in [0.2, 0.25) is 5.91 Å². The number of nitrogen functional groups attached to an aromatic ring is 1. The van der Waals surface area contributed by atoms with Crippen molar-refractivity contribution < 1.29 is 9.53 Å². The van der Waals surface area contributed by atoms with E-state index in [1.54, 1.807) is 0 Å². The Morgan fingerprint density at radius 1 is 1.47 bits per heavy atom. The smallest absolute Gasteiger partial charge is 0.250 e. The van der Waals surface area contributed by atoms with Gasteiger partial charge in [-0.2, -0.15) is 0 Å². The maximum absolute atomic E-state index is 11.7. The van der Waals surface area contributed by atoms with Crippen molar-refractivity contribution in [1.29, 1.82) is 0 Å². The standard InChI is InChI=1S/C15H24N2O2/c1-4-5-12(3)9-19-10-15(18)17-14-7-6-11(2)8-13(14)16/h6-8,12H,4-5,9-10,16H2,1-3H3,(H,17,18). The number of hydrogen-bond acceptors (Lipinski definition) is 3. The first-order valence-corrected chi connectivity index (χ1v) is 6.76. The molecule has 0 bridgehead atoms. The molecule has 1 aromatic carbocycles. The third-order valence-electron chi connectivity index (χ3n) is 2.90. The molecule has 4 heteroatoms. The second-order valence-corrected chi connectivity index (χ2v) is 5.05. The average Bonchev–Trinajstić information content (AvgIpc) is 2.33. The quantitative estimate of drug-likeness (QED) is 0.744. The molecule has 3 N–H and O–H groups in total. The fourth-order valence-electron chi connectivity index (χ4n) is 1.91. The topological polar surface area (TPSA) is 64.3 Å². The summed E-state index contributed by atoms with van der Waals surface area (Å²) in [5, 5.41) is 2.75. The van der Waals surface area contributed by atoms with Crippen LogP contribution in [0.1, 0.15) is 32.3 Å². The molecule has 1 unspecified atom stereocenters. The largest absolute Gasteiger partial charge is 0.397 e. The molecule has 0 aliphatic heterocycles. The fraction of sp³-hybridized carbons (Fsp3) is 0.533. The molecular formula is C15H24N2O2. The van der Waals surface area contributed by atoms with Gasteiger partial charge < -0.3 is 15.8 Å². The monoisotopic (exact) mass is 264 g/mol. The van der Waals surface area contributed by atoms with E-state index in [-0.39, 0.29) is 12.5 Å². The molecule has 0 fully saturated rings. The molecule has 0 saturated heterocycles. The number of rotatable bonds is 7. The van der Waals surface area contributed by atoms with Gasteiger partial charge in [-0.3, -0.25) is 4.79 Å². The molecule has 0 saturated carbocycles. The lowest BCUT2D eigenvalue weighted by molar-refractivity contribution is -0.121. The van der Waals surface area contributed by atoms with Crippen LogP contribution in [0.3, 0.4) is 0 Å². The number of amides is 1. The SMILES string of the molecule is CCCC(C)COCC(=O)Nc1ccc(C)cc1N. The first kappa shape index (κ1) is 15.5. The van der Waals surface area contributed by atoms with Crippen molar-refractivity contribution >= 4 is 17.3 Å². The van der Waals surface area contributed by atoms with Crippen molar-refractivity contribution in [3.05, 3.63) is 23.8 Å². The number of anilines is 2. The van der Waals surface area contributed by atoms with Crippen LogP contribution in [0, 0.1) is 12.8 Å². The second kappa shape index (κ2) is 7.79. The van der Waals surface area contributed by atoms with Crippen LogP contribution in [-0.2, 0) is 9.53 Å². The number of hydrogen-bond donors (Lipinski definition) is 2. The van der Waals surface area contributed by atoms with Crippen LogP contribution in [0.4, 0.5) is 11.4 Å². The predicted molar refractivity (Wildman–Crippen MR) is 79.1 cm³/mol. The van der Waals surface area contributed by atoms with E-state index in [2.05, 4.69) is 19.2 Å². The van der Waals surface area contributed by atoms with Crippen molar-refractivity contribution in [2.45, 2.75) is 33.6 Å². The number of nitrogens with two attached hydrogens (primary N) is 1. The Balaban J connectivity index is 2.35. The van der Waals surface area contributed by atoms with Crippen molar-refractivity contribution in [2.24, 2.45) is 5.92 Å².